The molecule has 0 saturated carbocycles. The van der Waals surface area contributed by atoms with Crippen molar-refractivity contribution < 1.29 is 4.79 Å². The first kappa shape index (κ1) is 8.34. The van der Waals surface area contributed by atoms with E-state index in [1.807, 2.05) is 13.3 Å². The Morgan fingerprint density at radius 3 is 2.78 bits per heavy atom. The minimum atomic E-state index is 0.493. The second-order valence-corrected chi connectivity index (χ2v) is 1.92. The topological polar surface area (TPSA) is 40.9 Å². The highest BCUT2D eigenvalue weighted by Gasteiger charge is 1.92. The van der Waals surface area contributed by atoms with Crippen molar-refractivity contribution in [3.8, 4) is 0 Å². The third-order valence-corrected chi connectivity index (χ3v) is 1.01. The number of nitrogens with one attached hydrogen (secondary N) is 1. The van der Waals surface area contributed by atoms with Gasteiger partial charge in [0.05, 0.1) is 0 Å². The van der Waals surface area contributed by atoms with Crippen LogP contribution in [-0.4, -0.2) is 12.0 Å². The van der Waals surface area contributed by atoms with Crippen LogP contribution in [0.5, 0.6) is 0 Å². The predicted molar refractivity (Wildman–Crippen MR) is 37.6 cm³/mol. The van der Waals surface area contributed by atoms with Gasteiger partial charge in [0.25, 0.3) is 0 Å². The van der Waals surface area contributed by atoms with Crippen molar-refractivity contribution in [3.63, 3.8) is 0 Å². The summed E-state index contributed by atoms with van der Waals surface area (Å²) in [5.41, 5.74) is 0.643. The van der Waals surface area contributed by atoms with Gasteiger partial charge in [0, 0.05) is 12.1 Å². The van der Waals surface area contributed by atoms with Gasteiger partial charge in [-0.25, -0.2) is 0 Å². The third-order valence-electron chi connectivity index (χ3n) is 1.01. The first-order valence-corrected chi connectivity index (χ1v) is 3.09. The van der Waals surface area contributed by atoms with E-state index in [-0.39, 0.29) is 0 Å². The lowest BCUT2D eigenvalue weighted by Crippen LogP contribution is -1.95. The summed E-state index contributed by atoms with van der Waals surface area (Å²) in [5, 5.41) is 7.20. The zero-order chi connectivity index (χ0) is 7.11. The molecule has 1 N–H and O–H groups in total. The molecule has 0 aliphatic heterocycles. The molecule has 0 fully saturated rings. The molecule has 0 atom stereocenters. The van der Waals surface area contributed by atoms with Crippen LogP contribution in [0.4, 0.5) is 0 Å². The lowest BCUT2D eigenvalue weighted by Gasteiger charge is -1.94. The number of hydrogen-bond donors (Lipinski definition) is 1. The molecule has 1 radical (unpaired) electrons. The molecule has 0 spiro atoms. The highest BCUT2D eigenvalue weighted by atomic mass is 16.1. The van der Waals surface area contributed by atoms with Crippen molar-refractivity contribution in [1.82, 2.24) is 0 Å². The van der Waals surface area contributed by atoms with Crippen molar-refractivity contribution in [3.05, 3.63) is 6.42 Å². The highest BCUT2D eigenvalue weighted by molar-refractivity contribution is 5.83. The molecule has 0 saturated heterocycles. The maximum absolute atomic E-state index is 9.81. The fourth-order valence-corrected chi connectivity index (χ4v) is 0.582. The third kappa shape index (κ3) is 5.21. The molecule has 2 heteroatoms. The molecule has 0 heterocycles. The Morgan fingerprint density at radius 2 is 2.33 bits per heavy atom. The van der Waals surface area contributed by atoms with Crippen molar-refractivity contribution in [1.29, 1.82) is 5.41 Å². The summed E-state index contributed by atoms with van der Waals surface area (Å²) in [6.07, 6.45) is 4.60. The van der Waals surface area contributed by atoms with Crippen LogP contribution in [0.25, 0.3) is 0 Å². The molecule has 0 aromatic rings. The average molecular weight is 126 g/mol. The second-order valence-electron chi connectivity index (χ2n) is 1.92. The zero-order valence-corrected chi connectivity index (χ0v) is 5.68. The summed E-state index contributed by atoms with van der Waals surface area (Å²) in [4.78, 5) is 9.81. The number of carbonyl (C=O) groups excluding carboxylic acids is 1. The Kier molecular flexibility index (Phi) is 5.07. The molecule has 0 rings (SSSR count). The van der Waals surface area contributed by atoms with Crippen LogP contribution < -0.4 is 0 Å². The van der Waals surface area contributed by atoms with E-state index in [0.717, 1.165) is 6.29 Å². The standard InChI is InChI=1S/C7H12NO/c1-2-4-7(8)5-3-6-9/h2,6,8H,3-5H2,1H3. The van der Waals surface area contributed by atoms with Gasteiger partial charge in [-0.3, -0.25) is 0 Å². The summed E-state index contributed by atoms with van der Waals surface area (Å²) in [7, 11) is 0. The monoisotopic (exact) mass is 126 g/mol. The summed E-state index contributed by atoms with van der Waals surface area (Å²) in [6.45, 7) is 1.91. The van der Waals surface area contributed by atoms with Crippen LogP contribution in [0.15, 0.2) is 0 Å². The quantitative estimate of drug-likeness (QED) is 0.441. The molecule has 0 aliphatic rings. The van der Waals surface area contributed by atoms with E-state index < -0.39 is 0 Å². The molecule has 2 nitrogen and oxygen atoms in total. The Labute approximate surface area is 55.8 Å². The molecule has 0 bridgehead atoms. The van der Waals surface area contributed by atoms with E-state index >= 15 is 0 Å². The van der Waals surface area contributed by atoms with Gasteiger partial charge in [-0.2, -0.15) is 0 Å². The fourth-order valence-electron chi connectivity index (χ4n) is 0.582. The van der Waals surface area contributed by atoms with Gasteiger partial charge >= 0.3 is 0 Å². The van der Waals surface area contributed by atoms with E-state index in [0.29, 0.717) is 25.0 Å². The van der Waals surface area contributed by atoms with Crippen molar-refractivity contribution in [2.75, 3.05) is 0 Å². The largest absolute Gasteiger partial charge is 0.310 e. The Balaban J connectivity index is 3.16. The van der Waals surface area contributed by atoms with Gasteiger partial charge in [-0.15, -0.1) is 0 Å². The van der Waals surface area contributed by atoms with Crippen LogP contribution in [0.3, 0.4) is 0 Å². The predicted octanol–water partition coefficient (Wildman–Crippen LogP) is 1.60. The Bertz CT molecular complexity index is 99.1. The van der Waals surface area contributed by atoms with E-state index in [2.05, 4.69) is 0 Å². The number of hydrogen-bond acceptors (Lipinski definition) is 2. The average Bonchev–Trinajstić information content (AvgIpc) is 1.85. The van der Waals surface area contributed by atoms with Gasteiger partial charge in [-0.05, 0) is 19.3 Å². The molecule has 51 valence electrons. The van der Waals surface area contributed by atoms with E-state index in [1.165, 1.54) is 0 Å². The molecular formula is C7H12NO. The first-order chi connectivity index (χ1) is 4.31. The molecule has 9 heavy (non-hydrogen) atoms. The minimum absolute atomic E-state index is 0.493. The molecule has 0 aromatic heterocycles. The van der Waals surface area contributed by atoms with Gasteiger partial charge in [-0.1, -0.05) is 6.92 Å². The molecule has 0 amide bonds. The fraction of sp³-hybridized carbons (Fsp3) is 0.571. The second kappa shape index (κ2) is 5.48. The first-order valence-electron chi connectivity index (χ1n) is 3.09. The van der Waals surface area contributed by atoms with Crippen molar-refractivity contribution in [2.45, 2.75) is 26.2 Å². The molecular weight excluding hydrogens is 114 g/mol. The van der Waals surface area contributed by atoms with E-state index in [1.54, 1.807) is 0 Å². The smallest absolute Gasteiger partial charge is 0.120 e. The summed E-state index contributed by atoms with van der Waals surface area (Å²) in [5.74, 6) is 0. The number of rotatable bonds is 5. The lowest BCUT2D eigenvalue weighted by atomic mass is 10.1. The van der Waals surface area contributed by atoms with Crippen molar-refractivity contribution >= 4 is 12.0 Å². The van der Waals surface area contributed by atoms with Crippen LogP contribution in [0.1, 0.15) is 26.2 Å². The summed E-state index contributed by atoms with van der Waals surface area (Å²) in [6, 6.07) is 0. The van der Waals surface area contributed by atoms with Crippen molar-refractivity contribution in [2.24, 2.45) is 0 Å². The van der Waals surface area contributed by atoms with Crippen LogP contribution >= 0.6 is 0 Å². The molecule has 0 aliphatic carbocycles. The van der Waals surface area contributed by atoms with Crippen LogP contribution in [-0.2, 0) is 4.79 Å². The number of carbonyl (C=O) groups is 1. The summed E-state index contributed by atoms with van der Waals surface area (Å²) >= 11 is 0. The zero-order valence-electron chi connectivity index (χ0n) is 5.68. The van der Waals surface area contributed by atoms with Crippen LogP contribution in [0.2, 0.25) is 0 Å². The Hall–Kier alpha value is -0.660. The maximum Gasteiger partial charge on any atom is 0.120 e. The highest BCUT2D eigenvalue weighted by Crippen LogP contribution is 1.95. The number of aldehydes is 1. The Morgan fingerprint density at radius 1 is 1.67 bits per heavy atom. The van der Waals surface area contributed by atoms with E-state index in [9.17, 15) is 4.79 Å². The molecule has 0 unspecified atom stereocenters. The summed E-state index contributed by atoms with van der Waals surface area (Å²) < 4.78 is 0. The van der Waals surface area contributed by atoms with Gasteiger partial charge in [0.1, 0.15) is 6.29 Å². The van der Waals surface area contributed by atoms with Gasteiger partial charge < -0.3 is 10.2 Å². The van der Waals surface area contributed by atoms with Crippen LogP contribution in [0, 0.1) is 11.8 Å². The normalized spacial score (nSPS) is 9.00. The van der Waals surface area contributed by atoms with E-state index in [4.69, 9.17) is 5.41 Å². The SMILES string of the molecule is C[CH]CC(=N)CCC=O. The van der Waals surface area contributed by atoms with Gasteiger partial charge in [0.2, 0.25) is 0 Å². The minimum Gasteiger partial charge on any atom is -0.310 e. The van der Waals surface area contributed by atoms with Gasteiger partial charge in [0.15, 0.2) is 0 Å². The lowest BCUT2D eigenvalue weighted by molar-refractivity contribution is -0.107. The maximum atomic E-state index is 9.81. The molecule has 0 aromatic carbocycles.